The first-order valence-electron chi connectivity index (χ1n) is 8.02. The molecule has 2 rings (SSSR count). The summed E-state index contributed by atoms with van der Waals surface area (Å²) in [5, 5.41) is 5.41. The van der Waals surface area contributed by atoms with Gasteiger partial charge in [-0.2, -0.15) is 0 Å². The van der Waals surface area contributed by atoms with E-state index in [4.69, 9.17) is 10.1 Å². The average Bonchev–Trinajstić information content (AvgIpc) is 2.53. The van der Waals surface area contributed by atoms with Gasteiger partial charge in [-0.05, 0) is 53.7 Å². The zero-order valence-electron chi connectivity index (χ0n) is 15.9. The van der Waals surface area contributed by atoms with Gasteiger partial charge in [-0.1, -0.05) is 24.3 Å². The summed E-state index contributed by atoms with van der Waals surface area (Å²) < 4.78 is 0. The average molecular weight is 446 g/mol. The van der Waals surface area contributed by atoms with Crippen LogP contribution in [0.1, 0.15) is 47.2 Å². The third-order valence-corrected chi connectivity index (χ3v) is 7.42. The van der Waals surface area contributed by atoms with Crippen LogP contribution in [0.3, 0.4) is 0 Å². The Hall–Kier alpha value is -1.11. The summed E-state index contributed by atoms with van der Waals surface area (Å²) in [5.41, 5.74) is 2.94. The molecule has 0 unspecified atom stereocenters. The van der Waals surface area contributed by atoms with E-state index in [0.717, 1.165) is 17.1 Å². The Morgan fingerprint density at radius 2 is 1.68 bits per heavy atom. The fourth-order valence-electron chi connectivity index (χ4n) is 2.89. The second kappa shape index (κ2) is 10.1. The molecule has 1 aliphatic rings. The third-order valence-electron chi connectivity index (χ3n) is 3.61. The molecule has 5 heteroatoms. The number of allylic oxidation sites excluding steroid dienone is 3. The Morgan fingerprint density at radius 3 is 2.16 bits per heavy atom. The van der Waals surface area contributed by atoms with E-state index in [-0.39, 0.29) is 19.5 Å². The number of hydrogen-bond acceptors (Lipinski definition) is 2. The van der Waals surface area contributed by atoms with Gasteiger partial charge in [-0.25, -0.2) is 0 Å². The van der Waals surface area contributed by atoms with E-state index in [1.165, 1.54) is 0 Å². The standard InChI is InChI=1S/C19H26N2P.CHO.Ru.H/c1-18(2,3)22(19(4,5)6)14-15-10-9-12-17(21-15)16-11-7-8-13-20-16;1-2;;/h7-14H,1-6H3;1H;;/q2*-1;+2;/p+1/b15-14-;;;. The molecule has 137 valence electrons. The van der Waals surface area contributed by atoms with Crippen molar-refractivity contribution >= 4 is 20.4 Å². The van der Waals surface area contributed by atoms with Crippen molar-refractivity contribution in [2.24, 2.45) is 0 Å². The molecule has 0 aliphatic carbocycles. The van der Waals surface area contributed by atoms with E-state index in [1.807, 2.05) is 30.5 Å². The number of rotatable bonds is 2. The quantitative estimate of drug-likeness (QED) is 0.262. The molecule has 1 aromatic rings. The molecular formula is C20H29N2OPRu+. The second-order valence-electron chi connectivity index (χ2n) is 7.72. The summed E-state index contributed by atoms with van der Waals surface area (Å²) in [4.78, 5) is 12.1. The Morgan fingerprint density at radius 1 is 1.08 bits per heavy atom. The first-order valence-corrected chi connectivity index (χ1v) is 9.60. The zero-order valence-corrected chi connectivity index (χ0v) is 18.7. The van der Waals surface area contributed by atoms with Crippen LogP contribution in [-0.4, -0.2) is 22.1 Å². The van der Waals surface area contributed by atoms with E-state index in [1.54, 1.807) is 0 Å². The molecule has 0 saturated carbocycles. The summed E-state index contributed by atoms with van der Waals surface area (Å²) in [6.45, 7) is 17.3. The van der Waals surface area contributed by atoms with Gasteiger partial charge < -0.3 is 10.1 Å². The fourth-order valence-corrected chi connectivity index (χ4v) is 6.47. The van der Waals surface area contributed by atoms with Crippen molar-refractivity contribution < 1.29 is 24.3 Å². The summed E-state index contributed by atoms with van der Waals surface area (Å²) in [7, 11) is -0.734. The minimum absolute atomic E-state index is 0. The molecule has 0 N–H and O–H groups in total. The Bertz CT molecular complexity index is 611. The first kappa shape index (κ1) is 23.9. The van der Waals surface area contributed by atoms with E-state index < -0.39 is 7.92 Å². The van der Waals surface area contributed by atoms with Crippen LogP contribution in [0.2, 0.25) is 0 Å². The van der Waals surface area contributed by atoms with Crippen LogP contribution in [0.15, 0.2) is 54.1 Å². The van der Waals surface area contributed by atoms with E-state index in [9.17, 15) is 0 Å². The monoisotopic (exact) mass is 446 g/mol. The van der Waals surface area contributed by atoms with Gasteiger partial charge in [-0.3, -0.25) is 11.8 Å². The summed E-state index contributed by atoms with van der Waals surface area (Å²) in [6.07, 6.45) is 8.02. The molecule has 0 amide bonds. The molecular weight excluding hydrogens is 416 g/mol. The second-order valence-corrected chi connectivity index (χ2v) is 11.8. The number of carbonyl (C=O) groups excluding carboxylic acids is 1. The molecule has 1 aliphatic heterocycles. The Labute approximate surface area is 166 Å². The van der Waals surface area contributed by atoms with Gasteiger partial charge in [0.25, 0.3) is 0 Å². The van der Waals surface area contributed by atoms with Crippen molar-refractivity contribution in [1.82, 2.24) is 4.98 Å². The van der Waals surface area contributed by atoms with Gasteiger partial charge in [0.2, 0.25) is 0 Å². The molecule has 0 spiro atoms. The van der Waals surface area contributed by atoms with Gasteiger partial charge in [0.15, 0.2) is 0 Å². The number of nitrogens with zero attached hydrogens (tertiary/aromatic N) is 2. The van der Waals surface area contributed by atoms with Gasteiger partial charge in [0.1, 0.15) is 0 Å². The van der Waals surface area contributed by atoms with E-state index in [2.05, 4.69) is 71.3 Å². The normalized spacial score (nSPS) is 15.6. The Balaban J connectivity index is 0.00000185. The zero-order chi connectivity index (χ0) is 18.4. The van der Waals surface area contributed by atoms with E-state index >= 15 is 0 Å². The molecule has 2 heterocycles. The van der Waals surface area contributed by atoms with Crippen LogP contribution < -0.4 is 0 Å². The molecule has 0 radical (unpaired) electrons. The topological polar surface area (TPSA) is 44.1 Å². The minimum atomic E-state index is -0.734. The van der Waals surface area contributed by atoms with Crippen LogP contribution in [0, 0.1) is 0 Å². The van der Waals surface area contributed by atoms with E-state index in [0.29, 0.717) is 10.3 Å². The number of aromatic nitrogens is 1. The van der Waals surface area contributed by atoms with Crippen LogP contribution in [0.4, 0.5) is 0 Å². The maximum absolute atomic E-state index is 7.75. The summed E-state index contributed by atoms with van der Waals surface area (Å²) in [6, 6.07) is 5.94. The molecule has 0 aromatic carbocycles. The van der Waals surface area contributed by atoms with Crippen LogP contribution in [0.5, 0.6) is 0 Å². The molecule has 25 heavy (non-hydrogen) atoms. The number of hydrogen-bond donors (Lipinski definition) is 0. The molecule has 3 nitrogen and oxygen atoms in total. The van der Waals surface area contributed by atoms with Crippen molar-refractivity contribution in [1.29, 1.82) is 0 Å². The maximum atomic E-state index is 7.75. The summed E-state index contributed by atoms with van der Waals surface area (Å²) >= 11 is 0. The molecule has 0 atom stereocenters. The van der Waals surface area contributed by atoms with Crippen molar-refractivity contribution in [2.75, 3.05) is 0 Å². The van der Waals surface area contributed by atoms with Crippen LogP contribution in [-0.2, 0) is 24.3 Å². The van der Waals surface area contributed by atoms with Crippen LogP contribution in [0.25, 0.3) is 11.0 Å². The molecule has 1 aromatic heterocycles. The SMILES string of the molecule is CC(C)(C)[PH+](/C=C1/C=CC=C(c2ccccn2)[N-]1)C(C)(C)C.[CH-]=O.[RuH+2]. The molecule has 0 saturated heterocycles. The summed E-state index contributed by atoms with van der Waals surface area (Å²) in [5.74, 6) is 2.41. The number of pyridine rings is 1. The van der Waals surface area contributed by atoms with Crippen molar-refractivity contribution in [3.05, 3.63) is 65.1 Å². The Kier molecular flexibility index (Phi) is 9.69. The van der Waals surface area contributed by atoms with Gasteiger partial charge >= 0.3 is 19.5 Å². The van der Waals surface area contributed by atoms with Gasteiger partial charge in [0, 0.05) is 25.6 Å². The van der Waals surface area contributed by atoms with Crippen molar-refractivity contribution in [2.45, 2.75) is 51.9 Å². The predicted octanol–water partition coefficient (Wildman–Crippen LogP) is 5.47. The van der Waals surface area contributed by atoms with Crippen molar-refractivity contribution in [3.8, 4) is 0 Å². The van der Waals surface area contributed by atoms with Crippen LogP contribution >= 0.6 is 7.92 Å². The fraction of sp³-hybridized carbons (Fsp3) is 0.400. The first-order chi connectivity index (χ1) is 11.2. The predicted molar refractivity (Wildman–Crippen MR) is 109 cm³/mol. The third kappa shape index (κ3) is 7.34. The van der Waals surface area contributed by atoms with Gasteiger partial charge in [0.05, 0.1) is 10.3 Å². The van der Waals surface area contributed by atoms with Gasteiger partial charge in [-0.15, -0.1) is 11.4 Å². The van der Waals surface area contributed by atoms with Crippen molar-refractivity contribution in [3.63, 3.8) is 0 Å². The molecule has 0 fully saturated rings. The molecule has 0 bridgehead atoms.